The van der Waals surface area contributed by atoms with Crippen molar-refractivity contribution in [1.29, 1.82) is 0 Å². The molecule has 3 heteroatoms. The van der Waals surface area contributed by atoms with Gasteiger partial charge < -0.3 is 4.57 Å². The van der Waals surface area contributed by atoms with Crippen molar-refractivity contribution in [3.63, 3.8) is 0 Å². The Hall–Kier alpha value is -0.590. The third-order valence-electron chi connectivity index (χ3n) is 2.90. The summed E-state index contributed by atoms with van der Waals surface area (Å²) in [5.74, 6) is 0. The molecular formula is C14H24NOP. The van der Waals surface area contributed by atoms with E-state index in [9.17, 15) is 4.57 Å². The first-order chi connectivity index (χ1) is 7.78. The van der Waals surface area contributed by atoms with Crippen LogP contribution in [-0.2, 0) is 17.3 Å². The zero-order valence-electron chi connectivity index (χ0n) is 11.6. The Morgan fingerprint density at radius 3 is 2.00 bits per heavy atom. The van der Waals surface area contributed by atoms with Crippen molar-refractivity contribution in [2.24, 2.45) is 0 Å². The van der Waals surface area contributed by atoms with Gasteiger partial charge in [0.25, 0.3) is 0 Å². The summed E-state index contributed by atoms with van der Waals surface area (Å²) in [5.41, 5.74) is 2.49. The Kier molecular flexibility index (Phi) is 4.97. The van der Waals surface area contributed by atoms with Gasteiger partial charge in [0, 0.05) is 18.7 Å². The first-order valence-electron chi connectivity index (χ1n) is 6.10. The molecule has 0 saturated carbocycles. The molecule has 1 rings (SSSR count). The number of benzene rings is 1. The quantitative estimate of drug-likeness (QED) is 0.746. The molecule has 0 fully saturated rings. The summed E-state index contributed by atoms with van der Waals surface area (Å²) in [6.45, 7) is 9.03. The molecule has 0 aliphatic carbocycles. The Morgan fingerprint density at radius 2 is 1.59 bits per heavy atom. The maximum absolute atomic E-state index is 11.7. The highest BCUT2D eigenvalue weighted by Crippen LogP contribution is 2.40. The molecule has 96 valence electrons. The predicted octanol–water partition coefficient (Wildman–Crippen LogP) is 3.65. The maximum atomic E-state index is 11.7. The predicted molar refractivity (Wildman–Crippen MR) is 76.2 cm³/mol. The fourth-order valence-electron chi connectivity index (χ4n) is 1.66. The van der Waals surface area contributed by atoms with Crippen molar-refractivity contribution in [1.82, 2.24) is 4.90 Å². The van der Waals surface area contributed by atoms with Crippen molar-refractivity contribution in [3.05, 3.63) is 35.4 Å². The van der Waals surface area contributed by atoms with E-state index < -0.39 is 7.14 Å². The Balaban J connectivity index is 2.65. The third-order valence-corrected chi connectivity index (χ3v) is 4.03. The molecule has 2 nitrogen and oxygen atoms in total. The van der Waals surface area contributed by atoms with Gasteiger partial charge in [0.1, 0.15) is 0 Å². The largest absolute Gasteiger partial charge is 0.324 e. The van der Waals surface area contributed by atoms with Crippen molar-refractivity contribution in [3.8, 4) is 0 Å². The molecule has 0 radical (unpaired) electrons. The molecule has 0 N–H and O–H groups in total. The third kappa shape index (κ3) is 5.52. The highest BCUT2D eigenvalue weighted by molar-refractivity contribution is 7.61. The highest BCUT2D eigenvalue weighted by Gasteiger charge is 2.09. The lowest BCUT2D eigenvalue weighted by Gasteiger charge is -2.21. The van der Waals surface area contributed by atoms with E-state index in [-0.39, 0.29) is 0 Å². The van der Waals surface area contributed by atoms with Gasteiger partial charge in [-0.2, -0.15) is 0 Å². The minimum absolute atomic E-state index is 0.557. The van der Waals surface area contributed by atoms with Gasteiger partial charge in [0.05, 0.1) is 7.14 Å². The van der Waals surface area contributed by atoms with Crippen molar-refractivity contribution >= 4 is 7.14 Å². The summed E-state index contributed by atoms with van der Waals surface area (Å²) in [6.07, 6.45) is 0.702. The second-order valence-electron chi connectivity index (χ2n) is 5.56. The molecule has 0 heterocycles. The Bertz CT molecular complexity index is 391. The minimum atomic E-state index is -1.96. The van der Waals surface area contributed by atoms with E-state index in [1.165, 1.54) is 11.1 Å². The van der Waals surface area contributed by atoms with Crippen LogP contribution >= 0.6 is 7.14 Å². The highest BCUT2D eigenvalue weighted by atomic mass is 31.2. The molecule has 0 aliphatic heterocycles. The first-order valence-corrected chi connectivity index (χ1v) is 8.88. The molecule has 0 bridgehead atoms. The molecule has 1 aromatic rings. The van der Waals surface area contributed by atoms with E-state index in [1.807, 2.05) is 13.3 Å². The van der Waals surface area contributed by atoms with Crippen LogP contribution < -0.4 is 0 Å². The smallest absolute Gasteiger partial charge is 0.0861 e. The van der Waals surface area contributed by atoms with Crippen LogP contribution in [0.2, 0.25) is 0 Å². The topological polar surface area (TPSA) is 20.3 Å². The molecule has 1 aromatic carbocycles. The molecular weight excluding hydrogens is 229 g/mol. The number of rotatable bonds is 5. The van der Waals surface area contributed by atoms with Crippen LogP contribution in [0.3, 0.4) is 0 Å². The fourth-order valence-corrected chi connectivity index (χ4v) is 2.75. The summed E-state index contributed by atoms with van der Waals surface area (Å²) >= 11 is 0. The van der Waals surface area contributed by atoms with Crippen LogP contribution in [0, 0.1) is 0 Å². The fraction of sp³-hybridized carbons (Fsp3) is 0.571. The molecule has 17 heavy (non-hydrogen) atoms. The summed E-state index contributed by atoms with van der Waals surface area (Å²) in [7, 11) is 0.173. The van der Waals surface area contributed by atoms with Gasteiger partial charge in [-0.1, -0.05) is 24.3 Å². The Morgan fingerprint density at radius 1 is 1.12 bits per heavy atom. The van der Waals surface area contributed by atoms with E-state index >= 15 is 0 Å². The minimum Gasteiger partial charge on any atom is -0.324 e. The van der Waals surface area contributed by atoms with Crippen molar-refractivity contribution in [2.45, 2.75) is 32.6 Å². The number of nitrogens with zero attached hydrogens (tertiary/aromatic N) is 1. The summed E-state index contributed by atoms with van der Waals surface area (Å²) in [5, 5.41) is 0. The first kappa shape index (κ1) is 14.5. The van der Waals surface area contributed by atoms with E-state index in [4.69, 9.17) is 0 Å². The van der Waals surface area contributed by atoms with Crippen LogP contribution in [-0.4, -0.2) is 31.3 Å². The van der Waals surface area contributed by atoms with Crippen LogP contribution in [0.5, 0.6) is 0 Å². The standard InChI is InChI=1S/C14H24NOP/c1-12(2)15(3)10-13-6-8-14(9-7-13)11-17(4,5)16/h6-9,12H,10-11H2,1-5H3. The Labute approximate surface area is 105 Å². The van der Waals surface area contributed by atoms with Crippen LogP contribution in [0.1, 0.15) is 25.0 Å². The van der Waals surface area contributed by atoms with Crippen LogP contribution in [0.15, 0.2) is 24.3 Å². The van der Waals surface area contributed by atoms with Gasteiger partial charge in [0.15, 0.2) is 0 Å². The van der Waals surface area contributed by atoms with E-state index in [2.05, 4.69) is 50.1 Å². The van der Waals surface area contributed by atoms with E-state index in [1.54, 1.807) is 0 Å². The van der Waals surface area contributed by atoms with E-state index in [0.717, 1.165) is 6.54 Å². The lowest BCUT2D eigenvalue weighted by Crippen LogP contribution is -2.25. The normalized spacial score (nSPS) is 12.4. The van der Waals surface area contributed by atoms with Crippen LogP contribution in [0.25, 0.3) is 0 Å². The summed E-state index contributed by atoms with van der Waals surface area (Å²) in [4.78, 5) is 2.31. The molecule has 0 spiro atoms. The monoisotopic (exact) mass is 253 g/mol. The molecule has 0 atom stereocenters. The van der Waals surface area contributed by atoms with Gasteiger partial charge >= 0.3 is 0 Å². The summed E-state index contributed by atoms with van der Waals surface area (Å²) < 4.78 is 11.7. The molecule has 0 unspecified atom stereocenters. The second kappa shape index (κ2) is 5.84. The molecule has 0 aromatic heterocycles. The lowest BCUT2D eigenvalue weighted by atomic mass is 10.1. The average molecular weight is 253 g/mol. The zero-order valence-corrected chi connectivity index (χ0v) is 12.5. The van der Waals surface area contributed by atoms with Crippen LogP contribution in [0.4, 0.5) is 0 Å². The molecule has 0 saturated heterocycles. The van der Waals surface area contributed by atoms with Gasteiger partial charge in [-0.15, -0.1) is 0 Å². The maximum Gasteiger partial charge on any atom is 0.0861 e. The second-order valence-corrected chi connectivity index (χ2v) is 9.02. The van der Waals surface area contributed by atoms with Crippen molar-refractivity contribution in [2.75, 3.05) is 20.4 Å². The zero-order chi connectivity index (χ0) is 13.1. The van der Waals surface area contributed by atoms with Gasteiger partial charge in [-0.05, 0) is 45.4 Å². The lowest BCUT2D eigenvalue weighted by molar-refractivity contribution is 0.266. The number of hydrogen-bond acceptors (Lipinski definition) is 2. The SMILES string of the molecule is CC(C)N(C)Cc1ccc(CP(C)(C)=O)cc1. The molecule has 0 amide bonds. The molecule has 0 aliphatic rings. The van der Waals surface area contributed by atoms with E-state index in [0.29, 0.717) is 12.2 Å². The van der Waals surface area contributed by atoms with Gasteiger partial charge in [-0.3, -0.25) is 4.90 Å². The summed E-state index contributed by atoms with van der Waals surface area (Å²) in [6, 6.07) is 9.04. The average Bonchev–Trinajstić information content (AvgIpc) is 2.18. The van der Waals surface area contributed by atoms with Crippen molar-refractivity contribution < 1.29 is 4.57 Å². The number of hydrogen-bond donors (Lipinski definition) is 0. The van der Waals surface area contributed by atoms with Gasteiger partial charge in [0.2, 0.25) is 0 Å². The van der Waals surface area contributed by atoms with Gasteiger partial charge in [-0.25, -0.2) is 0 Å².